The summed E-state index contributed by atoms with van der Waals surface area (Å²) in [4.78, 5) is 24.2. The van der Waals surface area contributed by atoms with Gasteiger partial charge < -0.3 is 58.8 Å². The minimum absolute atomic E-state index is 0. The van der Waals surface area contributed by atoms with Crippen LogP contribution in [0, 0.1) is 0 Å². The van der Waals surface area contributed by atoms with E-state index in [1.807, 2.05) is 97.1 Å². The first kappa shape index (κ1) is 76.2. The third-order valence-corrected chi connectivity index (χ3v) is 12.6. The predicted molar refractivity (Wildman–Crippen MR) is 362 cm³/mol. The zero-order chi connectivity index (χ0) is 65.1. The minimum atomic E-state index is -1.83. The number of hydrogen-bond donors (Lipinski definition) is 4. The Morgan fingerprint density at radius 2 is 0.547 bits per heavy atom. The molecule has 1 unspecified atom stereocenters. The number of ether oxygens (including phenoxy) is 6. The van der Waals surface area contributed by atoms with Gasteiger partial charge in [-0.15, -0.1) is 0 Å². The molecule has 10 rings (SSSR count). The van der Waals surface area contributed by atoms with Crippen molar-refractivity contribution in [3.05, 3.63) is 190 Å². The van der Waals surface area contributed by atoms with Crippen molar-refractivity contribution in [2.45, 2.75) is 135 Å². The Morgan fingerprint density at radius 3 is 0.698 bits per heavy atom. The molecular formula is C67H95BCl3FN4NaO8P. The quantitative estimate of drug-likeness (QED) is 0.0778. The van der Waals surface area contributed by atoms with Crippen LogP contribution in [0.2, 0.25) is 0 Å². The number of alkyl halides is 3. The number of benzene rings is 6. The summed E-state index contributed by atoms with van der Waals surface area (Å²) in [5.74, 6) is 0. The predicted octanol–water partition coefficient (Wildman–Crippen LogP) is 13.6. The van der Waals surface area contributed by atoms with Gasteiger partial charge in [0, 0.05) is 22.7 Å². The Hall–Kier alpha value is -4.09. The zero-order valence-electron chi connectivity index (χ0n) is 54.2. The number of urea groups is 2. The standard InChI is InChI=1S/C24H32O6.2C21H28N2O.CHCl3.BH5P.FH.Na/c1-2-22-4-3-21(1)17-27-13-9-25-11-15-29-19-23-5-7-24(8-6-23)20-30-16-12-26-10-14-28-18-22;2*1-20(2,3)15-7-11-17(12-8-15)22-19(24)23-18-13-9-16(10-14-18)21(4,5)6;2-1(3)4;1-2;;/h1-8H,9-20H2;2*7-14H,1-6H3,(H2,22,23,24);1H;2H2,1H3;1H;/q;;;;-1;;+1/i;;;1D;;;/hT. The van der Waals surface area contributed by atoms with Gasteiger partial charge in [-0.3, -0.25) is 4.72 Å². The van der Waals surface area contributed by atoms with E-state index in [9.17, 15) is 9.59 Å². The fourth-order valence-electron chi connectivity index (χ4n) is 7.70. The molecule has 468 valence electrons. The van der Waals surface area contributed by atoms with Gasteiger partial charge in [0.25, 0.3) is 1.45 Å². The summed E-state index contributed by atoms with van der Waals surface area (Å²) in [5.41, 5.74) is 13.1. The van der Waals surface area contributed by atoms with Gasteiger partial charge in [0.15, 0.2) is 4.27 Å². The maximum absolute atomic E-state index is 12.1. The molecule has 6 aromatic rings. The number of carbonyl (C=O) groups is 2. The molecule has 0 spiro atoms. The van der Waals surface area contributed by atoms with E-state index in [0.717, 1.165) is 45.0 Å². The average Bonchev–Trinajstić information content (AvgIpc) is 3.34. The van der Waals surface area contributed by atoms with Crippen LogP contribution in [0.15, 0.2) is 146 Å². The summed E-state index contributed by atoms with van der Waals surface area (Å²) >= 11 is 14.2. The molecule has 0 aromatic heterocycles. The Balaban J connectivity index is 0.000000618. The SMILES string of the molecule is CC(C)(C)c1ccc(NC(=O)Nc2ccc(C(C)(C)C)cc2)cc1.CC(C)(C)c1ccc(NC(=O)Nc2ccc(C(C)(C)C)cc2)cc1.[2H]C(Cl)(Cl)Cl.[3H]F.[BH3-]P.[Na+].c1cc2ccc1COCCOCCOCc1ccc(cc1)COCCOCCOC2. The fraction of sp³-hybridized carbons (Fsp3) is 0.433. The second kappa shape index (κ2) is 42.0. The Labute approximate surface area is 557 Å². The van der Waals surface area contributed by atoms with E-state index >= 15 is 0 Å². The van der Waals surface area contributed by atoms with Crippen molar-refractivity contribution in [1.82, 2.24) is 0 Å². The van der Waals surface area contributed by atoms with Crippen molar-refractivity contribution in [3.63, 3.8) is 0 Å². The number of amides is 4. The molecule has 4 aliphatic rings. The first-order valence-electron chi connectivity index (χ1n) is 28.7. The van der Waals surface area contributed by atoms with Crippen LogP contribution in [0.1, 0.15) is 129 Å². The average molecular weight is 1280 g/mol. The van der Waals surface area contributed by atoms with Crippen molar-refractivity contribution >= 4 is 86.3 Å². The summed E-state index contributed by atoms with van der Waals surface area (Å²) in [6.07, 6.45) is 0. The fourth-order valence-corrected chi connectivity index (χ4v) is 7.70. The number of halogens is 4. The van der Waals surface area contributed by atoms with E-state index in [1.165, 1.54) is 22.3 Å². The Kier molecular flexibility index (Phi) is 37.2. The summed E-state index contributed by atoms with van der Waals surface area (Å²) in [5, 5.41) is 11.5. The van der Waals surface area contributed by atoms with Crippen LogP contribution in [0.4, 0.5) is 37.1 Å². The molecule has 86 heavy (non-hydrogen) atoms. The molecule has 4 N–H and O–H groups in total. The van der Waals surface area contributed by atoms with Crippen LogP contribution in [-0.4, -0.2) is 78.2 Å². The van der Waals surface area contributed by atoms with Crippen molar-refractivity contribution < 1.29 is 73.7 Å². The third-order valence-electron chi connectivity index (χ3n) is 12.6. The molecular weight excluding hydrogens is 1180 g/mol. The van der Waals surface area contributed by atoms with Crippen LogP contribution in [0.5, 0.6) is 0 Å². The van der Waals surface area contributed by atoms with Gasteiger partial charge in [-0.1, -0.05) is 215 Å². The molecule has 4 amide bonds. The van der Waals surface area contributed by atoms with Gasteiger partial charge in [-0.2, -0.15) is 0 Å². The molecule has 4 heterocycles. The van der Waals surface area contributed by atoms with Gasteiger partial charge in [-0.05, 0) is 122 Å². The molecule has 0 saturated carbocycles. The van der Waals surface area contributed by atoms with E-state index in [-0.39, 0.29) is 63.3 Å². The number of carbonyl (C=O) groups excluding carboxylic acids is 2. The summed E-state index contributed by atoms with van der Waals surface area (Å²) in [6.45, 7) is 32.8. The van der Waals surface area contributed by atoms with Crippen LogP contribution < -0.4 is 50.8 Å². The van der Waals surface area contributed by atoms with Gasteiger partial charge in [0.2, 0.25) is 0 Å². The Bertz CT molecular complexity index is 2450. The van der Waals surface area contributed by atoms with Crippen LogP contribution in [0.3, 0.4) is 0 Å². The first-order valence-corrected chi connectivity index (χ1v) is 28.9. The summed E-state index contributed by atoms with van der Waals surface area (Å²) in [7, 11) is 3.33. The maximum Gasteiger partial charge on any atom is 1.00 e. The van der Waals surface area contributed by atoms with E-state index in [2.05, 4.69) is 163 Å². The van der Waals surface area contributed by atoms with Crippen molar-refractivity contribution in [3.8, 4) is 0 Å². The van der Waals surface area contributed by atoms with E-state index in [4.69, 9.17) is 69.3 Å². The van der Waals surface area contributed by atoms with Gasteiger partial charge >= 0.3 is 41.6 Å². The van der Waals surface area contributed by atoms with Gasteiger partial charge in [0.05, 0.1) is 80.7 Å². The van der Waals surface area contributed by atoms with Gasteiger partial charge in [0.1, 0.15) is 0 Å². The summed E-state index contributed by atoms with van der Waals surface area (Å²) < 4.78 is 51.2. The molecule has 4 bridgehead atoms. The summed E-state index contributed by atoms with van der Waals surface area (Å²) in [6, 6.07) is 47.9. The normalized spacial score (nSPS) is 14.1. The molecule has 0 radical (unpaired) electrons. The molecule has 12 nitrogen and oxygen atoms in total. The topological polar surface area (TPSA) is 138 Å². The second-order valence-electron chi connectivity index (χ2n) is 23.8. The largest absolute Gasteiger partial charge is 1.00 e. The van der Waals surface area contributed by atoms with Gasteiger partial charge in [-0.25, -0.2) is 9.59 Å². The number of anilines is 4. The molecule has 0 aliphatic carbocycles. The minimum Gasteiger partial charge on any atom is -0.377 e. The van der Waals surface area contributed by atoms with E-state index in [1.54, 1.807) is 0 Å². The number of rotatable bonds is 4. The van der Waals surface area contributed by atoms with Crippen molar-refractivity contribution in [1.29, 1.82) is 1.45 Å². The molecule has 19 heteroatoms. The molecule has 0 fully saturated rings. The molecule has 1 atom stereocenters. The van der Waals surface area contributed by atoms with Crippen molar-refractivity contribution in [2.75, 3.05) is 74.1 Å². The van der Waals surface area contributed by atoms with Crippen molar-refractivity contribution in [2.24, 2.45) is 0 Å². The maximum atomic E-state index is 12.1. The van der Waals surface area contributed by atoms with Crippen LogP contribution in [-0.2, 0) is 76.5 Å². The smallest absolute Gasteiger partial charge is 0.377 e. The van der Waals surface area contributed by atoms with E-state index in [0.29, 0.717) is 86.8 Å². The molecule has 4 aliphatic heterocycles. The Morgan fingerprint density at radius 1 is 0.395 bits per heavy atom. The van der Waals surface area contributed by atoms with E-state index < -0.39 is 4.27 Å². The first-order chi connectivity index (χ1) is 41.0. The number of nitrogens with one attached hydrogen (secondary N) is 4. The van der Waals surface area contributed by atoms with Crippen LogP contribution in [0.25, 0.3) is 0 Å². The monoisotopic (exact) mass is 1280 g/mol. The second-order valence-corrected chi connectivity index (χ2v) is 25.5. The zero-order valence-corrected chi connectivity index (χ0v) is 57.6. The molecule has 6 aromatic carbocycles. The molecule has 0 saturated heterocycles. The number of hydrogen-bond acceptors (Lipinski definition) is 8. The third kappa shape index (κ3) is 34.6. The van der Waals surface area contributed by atoms with Crippen LogP contribution >= 0.6 is 43.9 Å².